The molecule has 1 atom stereocenters. The second kappa shape index (κ2) is 11.1. The summed E-state index contributed by atoms with van der Waals surface area (Å²) in [4.78, 5) is 11.8. The van der Waals surface area contributed by atoms with E-state index in [1.807, 2.05) is 65.3 Å². The molecule has 49 heavy (non-hydrogen) atoms. The summed E-state index contributed by atoms with van der Waals surface area (Å²) < 4.78 is 21.3. The predicted octanol–water partition coefficient (Wildman–Crippen LogP) is 11.2. The van der Waals surface area contributed by atoms with Gasteiger partial charge in [0.15, 0.2) is 0 Å². The minimum atomic E-state index is -1.45. The van der Waals surface area contributed by atoms with Crippen molar-refractivity contribution >= 4 is 76.0 Å². The maximum atomic E-state index is 16.8. The Morgan fingerprint density at radius 3 is 2.43 bits per heavy atom. The summed E-state index contributed by atoms with van der Waals surface area (Å²) in [6.07, 6.45) is 4.12. The van der Waals surface area contributed by atoms with E-state index in [4.69, 9.17) is 4.98 Å². The Kier molecular flexibility index (Phi) is 6.81. The van der Waals surface area contributed by atoms with Crippen LogP contribution in [0.3, 0.4) is 0 Å². The molecule has 1 aliphatic heterocycles. The van der Waals surface area contributed by atoms with Gasteiger partial charge < -0.3 is 9.30 Å². The van der Waals surface area contributed by atoms with Gasteiger partial charge in [-0.15, -0.1) is 41.2 Å². The summed E-state index contributed by atoms with van der Waals surface area (Å²) in [5.74, 6) is 0.840. The molecule has 4 aromatic heterocycles. The van der Waals surface area contributed by atoms with Gasteiger partial charge in [0.25, 0.3) is 0 Å². The third-order valence-corrected chi connectivity index (χ3v) is 11.1. The van der Waals surface area contributed by atoms with Gasteiger partial charge in [-0.05, 0) is 35.2 Å². The number of rotatable bonds is 3. The fourth-order valence-corrected chi connectivity index (χ4v) is 8.76. The number of fused-ring (bicyclic) bond motifs is 12. The first kappa shape index (κ1) is 30.2. The van der Waals surface area contributed by atoms with Crippen LogP contribution >= 0.6 is 11.3 Å². The zero-order valence-corrected chi connectivity index (χ0v) is 29.6. The molecule has 10 rings (SSSR count). The van der Waals surface area contributed by atoms with Gasteiger partial charge in [-0.2, -0.15) is 18.2 Å². The SMILES string of the molecule is CC1(C)c2cccnc2N(c2[c-]c(C(F)c3[c-]c4c(cc3)c3ccccc3n3ccnc43)ccc2)c2c1ccc1sc3ccccc3c21.[Pt+2]. The van der Waals surface area contributed by atoms with Crippen LogP contribution in [-0.4, -0.2) is 14.4 Å². The Morgan fingerprint density at radius 1 is 0.714 bits per heavy atom. The normalized spacial score (nSPS) is 14.3. The number of para-hydroxylation sites is 1. The molecule has 4 nitrogen and oxygen atoms in total. The third-order valence-electron chi connectivity index (χ3n) is 9.96. The zero-order chi connectivity index (χ0) is 32.1. The second-order valence-corrected chi connectivity index (χ2v) is 14.0. The fraction of sp³-hybridized carbons (Fsp3) is 0.0952. The third kappa shape index (κ3) is 4.30. The van der Waals surface area contributed by atoms with Crippen LogP contribution in [0.2, 0.25) is 0 Å². The van der Waals surface area contributed by atoms with E-state index < -0.39 is 6.17 Å². The van der Waals surface area contributed by atoms with E-state index in [1.165, 1.54) is 25.7 Å². The number of imidazole rings is 1. The summed E-state index contributed by atoms with van der Waals surface area (Å²) in [5.41, 5.74) is 6.55. The van der Waals surface area contributed by atoms with Gasteiger partial charge in [-0.3, -0.25) is 4.98 Å². The van der Waals surface area contributed by atoms with E-state index in [0.717, 1.165) is 50.1 Å². The van der Waals surface area contributed by atoms with E-state index in [1.54, 1.807) is 17.5 Å². The number of anilines is 3. The number of pyridine rings is 2. The quantitative estimate of drug-likeness (QED) is 0.131. The Bertz CT molecular complexity index is 2760. The minimum Gasteiger partial charge on any atom is -0.340 e. The van der Waals surface area contributed by atoms with Crippen LogP contribution in [0, 0.1) is 12.1 Å². The Labute approximate surface area is 300 Å². The maximum Gasteiger partial charge on any atom is 2.00 e. The zero-order valence-electron chi connectivity index (χ0n) is 26.5. The van der Waals surface area contributed by atoms with Crippen molar-refractivity contribution in [3.05, 3.63) is 156 Å². The van der Waals surface area contributed by atoms with E-state index >= 15 is 4.39 Å². The first-order valence-electron chi connectivity index (χ1n) is 16.1. The van der Waals surface area contributed by atoms with Crippen LogP contribution in [0.25, 0.3) is 47.5 Å². The summed E-state index contributed by atoms with van der Waals surface area (Å²) >= 11 is 1.79. The first-order valence-corrected chi connectivity index (χ1v) is 16.9. The number of hydrogen-bond donors (Lipinski definition) is 0. The minimum absolute atomic E-state index is 0. The first-order chi connectivity index (χ1) is 23.5. The summed E-state index contributed by atoms with van der Waals surface area (Å²) in [6, 6.07) is 41.9. The van der Waals surface area contributed by atoms with Gasteiger partial charge in [0.05, 0.1) is 11.3 Å². The molecule has 7 heteroatoms. The van der Waals surface area contributed by atoms with E-state index in [0.29, 0.717) is 11.1 Å². The van der Waals surface area contributed by atoms with Crippen molar-refractivity contribution in [3.63, 3.8) is 0 Å². The number of alkyl halides is 1. The molecule has 1 aliphatic rings. The second-order valence-electron chi connectivity index (χ2n) is 13.0. The van der Waals surface area contributed by atoms with Crippen molar-refractivity contribution < 1.29 is 25.5 Å². The summed E-state index contributed by atoms with van der Waals surface area (Å²) in [5, 5.41) is 5.27. The van der Waals surface area contributed by atoms with Gasteiger partial charge in [0, 0.05) is 55.3 Å². The van der Waals surface area contributed by atoms with Crippen molar-refractivity contribution in [2.45, 2.75) is 25.4 Å². The van der Waals surface area contributed by atoms with Gasteiger partial charge in [-0.25, -0.2) is 9.37 Å². The van der Waals surface area contributed by atoms with Crippen LogP contribution in [-0.2, 0) is 26.5 Å². The van der Waals surface area contributed by atoms with Gasteiger partial charge in [-0.1, -0.05) is 84.4 Å². The van der Waals surface area contributed by atoms with Crippen LogP contribution in [0.15, 0.2) is 122 Å². The molecule has 0 bridgehead atoms. The molecule has 9 aromatic rings. The summed E-state index contributed by atoms with van der Waals surface area (Å²) in [6.45, 7) is 4.52. The maximum absolute atomic E-state index is 16.8. The average molecular weight is 834 g/mol. The fourth-order valence-electron chi connectivity index (χ4n) is 7.66. The molecular weight excluding hydrogens is 807 g/mol. The number of thiophene rings is 1. The Hall–Kier alpha value is -4.90. The van der Waals surface area contributed by atoms with E-state index in [-0.39, 0.29) is 26.5 Å². The summed E-state index contributed by atoms with van der Waals surface area (Å²) in [7, 11) is 0. The van der Waals surface area contributed by atoms with Crippen molar-refractivity contribution in [1.82, 2.24) is 14.4 Å². The van der Waals surface area contributed by atoms with Crippen molar-refractivity contribution in [2.75, 3.05) is 4.90 Å². The molecule has 0 spiro atoms. The molecule has 1 unspecified atom stereocenters. The molecule has 0 radical (unpaired) electrons. The number of benzene rings is 5. The molecule has 0 amide bonds. The number of halogens is 1. The van der Waals surface area contributed by atoms with Crippen LogP contribution in [0.5, 0.6) is 0 Å². The molecule has 5 heterocycles. The van der Waals surface area contributed by atoms with E-state index in [2.05, 4.69) is 90.5 Å². The number of hydrogen-bond acceptors (Lipinski definition) is 4. The van der Waals surface area contributed by atoms with E-state index in [9.17, 15) is 0 Å². The molecular formula is C42H27FN4PtS. The van der Waals surface area contributed by atoms with Crippen molar-refractivity contribution in [3.8, 4) is 0 Å². The van der Waals surface area contributed by atoms with Gasteiger partial charge >= 0.3 is 21.1 Å². The van der Waals surface area contributed by atoms with Crippen molar-refractivity contribution in [1.29, 1.82) is 0 Å². The smallest absolute Gasteiger partial charge is 0.340 e. The molecule has 238 valence electrons. The Morgan fingerprint density at radius 2 is 1.53 bits per heavy atom. The predicted molar refractivity (Wildman–Crippen MR) is 195 cm³/mol. The molecule has 0 fully saturated rings. The van der Waals surface area contributed by atoms with Crippen molar-refractivity contribution in [2.24, 2.45) is 0 Å². The molecule has 0 aliphatic carbocycles. The van der Waals surface area contributed by atoms with Crippen LogP contribution in [0.4, 0.5) is 21.6 Å². The standard InChI is InChI=1S/C42H27FN4S.Pt/c1-42(2)32-18-19-36-37(30-12-4-6-15-35(30)48-36)39(32)47(41-33(42)13-8-20-44-41)27-10-7-9-25(23-27)38(43)26-16-17-28-29-11-3-5-14-34(29)46-22-21-45-40(46)31(28)24-26;/h3-22,38H,1-2H3;/q-2;+2. The molecule has 0 N–H and O–H groups in total. The number of aromatic nitrogens is 3. The molecule has 5 aromatic carbocycles. The average Bonchev–Trinajstić information content (AvgIpc) is 3.77. The van der Waals surface area contributed by atoms with Gasteiger partial charge in [0.2, 0.25) is 0 Å². The van der Waals surface area contributed by atoms with Gasteiger partial charge in [0.1, 0.15) is 12.0 Å². The number of nitrogens with zero attached hydrogens (tertiary/aromatic N) is 4. The topological polar surface area (TPSA) is 33.4 Å². The largest absolute Gasteiger partial charge is 2.00 e. The molecule has 0 saturated carbocycles. The molecule has 0 saturated heterocycles. The monoisotopic (exact) mass is 833 g/mol. The Balaban J connectivity index is 0.00000325. The van der Waals surface area contributed by atoms with Crippen LogP contribution < -0.4 is 4.90 Å². The van der Waals surface area contributed by atoms with Crippen LogP contribution in [0.1, 0.15) is 42.3 Å².